The first-order chi connectivity index (χ1) is 11.7. The van der Waals surface area contributed by atoms with Crippen LogP contribution >= 0.6 is 11.8 Å². The number of unbranched alkanes of at least 4 members (excludes halogenated alkanes) is 1. The molecule has 142 valence electrons. The zero-order valence-electron chi connectivity index (χ0n) is 14.9. The lowest BCUT2D eigenvalue weighted by Gasteiger charge is -2.11. The Balaban J connectivity index is 2.77. The first kappa shape index (κ1) is 21.4. The highest BCUT2D eigenvalue weighted by Gasteiger charge is 2.19. The fourth-order valence-corrected chi connectivity index (χ4v) is 4.08. The molecule has 0 aliphatic carbocycles. The van der Waals surface area contributed by atoms with E-state index in [9.17, 15) is 18.0 Å². The number of carbonyl (C=O) groups is 2. The number of ether oxygens (including phenoxy) is 1. The molecule has 0 atom stereocenters. The molecule has 0 aromatic carbocycles. The highest BCUT2D eigenvalue weighted by atomic mass is 32.2. The third-order valence-corrected chi connectivity index (χ3v) is 5.50. The quantitative estimate of drug-likeness (QED) is 0.455. The molecule has 11 heteroatoms. The van der Waals surface area contributed by atoms with Crippen molar-refractivity contribution < 1.29 is 22.7 Å². The van der Waals surface area contributed by atoms with Crippen molar-refractivity contribution in [2.45, 2.75) is 38.3 Å². The van der Waals surface area contributed by atoms with Gasteiger partial charge < -0.3 is 9.64 Å². The van der Waals surface area contributed by atoms with Gasteiger partial charge >= 0.3 is 12.0 Å². The van der Waals surface area contributed by atoms with Gasteiger partial charge in [-0.25, -0.2) is 18.2 Å². The Morgan fingerprint density at radius 3 is 2.56 bits per heavy atom. The third-order valence-electron chi connectivity index (χ3n) is 3.01. The number of aromatic nitrogens is 3. The van der Waals surface area contributed by atoms with Crippen molar-refractivity contribution >= 4 is 33.6 Å². The lowest BCUT2D eigenvalue weighted by molar-refractivity contribution is -0.138. The van der Waals surface area contributed by atoms with Crippen LogP contribution in [0.2, 0.25) is 0 Å². The zero-order valence-corrected chi connectivity index (χ0v) is 16.5. The molecule has 1 aromatic rings. The number of rotatable bonds is 9. The smallest absolute Gasteiger partial charge is 0.346 e. The van der Waals surface area contributed by atoms with Gasteiger partial charge in [0.25, 0.3) is 0 Å². The minimum atomic E-state index is -3.52. The van der Waals surface area contributed by atoms with E-state index < -0.39 is 21.7 Å². The maximum absolute atomic E-state index is 12.2. The van der Waals surface area contributed by atoms with Crippen LogP contribution in [0.4, 0.5) is 4.79 Å². The lowest BCUT2D eigenvalue weighted by Crippen LogP contribution is -2.29. The summed E-state index contributed by atoms with van der Waals surface area (Å²) in [5.74, 6) is -0.752. The van der Waals surface area contributed by atoms with E-state index in [1.807, 2.05) is 6.92 Å². The highest BCUT2D eigenvalue weighted by Crippen LogP contribution is 2.18. The number of hydrogen-bond acceptors (Lipinski definition) is 8. The molecule has 0 saturated carbocycles. The van der Waals surface area contributed by atoms with E-state index in [0.717, 1.165) is 31.5 Å². The second-order valence-electron chi connectivity index (χ2n) is 5.55. The van der Waals surface area contributed by atoms with Crippen LogP contribution in [0.15, 0.2) is 5.16 Å². The highest BCUT2D eigenvalue weighted by molar-refractivity contribution is 8.00. The summed E-state index contributed by atoms with van der Waals surface area (Å²) in [6, 6.07) is -0.347. The van der Waals surface area contributed by atoms with Crippen LogP contribution in [-0.2, 0) is 25.8 Å². The van der Waals surface area contributed by atoms with E-state index in [2.05, 4.69) is 14.8 Å². The van der Waals surface area contributed by atoms with Crippen LogP contribution in [-0.4, -0.2) is 71.6 Å². The third kappa shape index (κ3) is 7.43. The number of sulfone groups is 1. The van der Waals surface area contributed by atoms with Crippen molar-refractivity contribution in [1.82, 2.24) is 19.7 Å². The van der Waals surface area contributed by atoms with E-state index in [4.69, 9.17) is 0 Å². The number of hydrogen-bond donors (Lipinski definition) is 0. The largest absolute Gasteiger partial charge is 0.449 e. The summed E-state index contributed by atoms with van der Waals surface area (Å²) in [4.78, 5) is 28.6. The predicted molar refractivity (Wildman–Crippen MR) is 94.3 cm³/mol. The summed E-state index contributed by atoms with van der Waals surface area (Å²) >= 11 is 1.13. The number of amides is 1. The molecule has 0 bridgehead atoms. The van der Waals surface area contributed by atoms with Gasteiger partial charge in [0, 0.05) is 33.2 Å². The molecular weight excluding hydrogens is 368 g/mol. The van der Waals surface area contributed by atoms with Gasteiger partial charge in [0.1, 0.15) is 0 Å². The van der Waals surface area contributed by atoms with Crippen LogP contribution in [0, 0.1) is 0 Å². The first-order valence-electron chi connectivity index (χ1n) is 7.80. The lowest BCUT2D eigenvalue weighted by atomic mass is 10.2. The molecule has 0 aliphatic rings. The van der Waals surface area contributed by atoms with Crippen molar-refractivity contribution in [3.63, 3.8) is 0 Å². The number of carbonyl (C=O) groups excluding carboxylic acids is 2. The van der Waals surface area contributed by atoms with E-state index in [-0.39, 0.29) is 17.5 Å². The maximum atomic E-state index is 12.2. The average Bonchev–Trinajstić information content (AvgIpc) is 2.93. The molecule has 0 fully saturated rings. The molecule has 1 aromatic heterocycles. The first-order valence-corrected chi connectivity index (χ1v) is 10.6. The number of thioether (sulfide) groups is 1. The van der Waals surface area contributed by atoms with Gasteiger partial charge in [0.2, 0.25) is 0 Å². The van der Waals surface area contributed by atoms with Crippen molar-refractivity contribution in [3.8, 4) is 0 Å². The van der Waals surface area contributed by atoms with Crippen molar-refractivity contribution in [2.24, 2.45) is 0 Å². The second kappa shape index (κ2) is 9.76. The molecular formula is C14H24N4O5S2. The minimum absolute atomic E-state index is 0.177. The molecule has 1 heterocycles. The predicted octanol–water partition coefficient (Wildman–Crippen LogP) is 1.18. The topological polar surface area (TPSA) is 111 Å². The second-order valence-corrected chi connectivity index (χ2v) is 8.75. The van der Waals surface area contributed by atoms with Gasteiger partial charge in [0.05, 0.1) is 5.75 Å². The molecule has 0 unspecified atom stereocenters. The van der Waals surface area contributed by atoms with Crippen molar-refractivity contribution in [3.05, 3.63) is 5.82 Å². The molecule has 1 amide bonds. The fourth-order valence-electron chi connectivity index (χ4n) is 1.68. The summed E-state index contributed by atoms with van der Waals surface area (Å²) < 4.78 is 29.3. The minimum Gasteiger partial charge on any atom is -0.449 e. The SMILES string of the molecule is CCCCc1nc(SCCS(=O)(=O)COC(C)=O)n(C(=O)N(C)C)n1. The van der Waals surface area contributed by atoms with E-state index >= 15 is 0 Å². The summed E-state index contributed by atoms with van der Waals surface area (Å²) in [6.07, 6.45) is 2.54. The number of aryl methyl sites for hydroxylation is 1. The monoisotopic (exact) mass is 392 g/mol. The molecule has 25 heavy (non-hydrogen) atoms. The Morgan fingerprint density at radius 2 is 2.00 bits per heavy atom. The van der Waals surface area contributed by atoms with Gasteiger partial charge in [-0.05, 0) is 6.42 Å². The van der Waals surface area contributed by atoms with E-state index in [1.54, 1.807) is 14.1 Å². The van der Waals surface area contributed by atoms with Crippen molar-refractivity contribution in [1.29, 1.82) is 0 Å². The standard InChI is InChI=1S/C14H24N4O5S2/c1-5-6-7-12-15-13(18(16-12)14(20)17(3)4)24-8-9-25(21,22)10-23-11(2)19/h5-10H2,1-4H3. The van der Waals surface area contributed by atoms with E-state index in [0.29, 0.717) is 17.4 Å². The van der Waals surface area contributed by atoms with Gasteiger partial charge in [-0.3, -0.25) is 4.79 Å². The Kier molecular flexibility index (Phi) is 8.36. The zero-order chi connectivity index (χ0) is 19.0. The molecule has 0 radical (unpaired) electrons. The maximum Gasteiger partial charge on any atom is 0.346 e. The van der Waals surface area contributed by atoms with Crippen LogP contribution in [0.5, 0.6) is 0 Å². The fraction of sp³-hybridized carbons (Fsp3) is 0.714. The summed E-state index contributed by atoms with van der Waals surface area (Å²) in [5.41, 5.74) is 0. The van der Waals surface area contributed by atoms with Crippen LogP contribution in [0.25, 0.3) is 0 Å². The van der Waals surface area contributed by atoms with Crippen LogP contribution in [0.3, 0.4) is 0 Å². The normalized spacial score (nSPS) is 11.4. The summed E-state index contributed by atoms with van der Waals surface area (Å²) in [6.45, 7) is 3.20. The van der Waals surface area contributed by atoms with Gasteiger partial charge in [0.15, 0.2) is 26.8 Å². The Bertz CT molecular complexity index is 700. The van der Waals surface area contributed by atoms with Gasteiger partial charge in [-0.15, -0.1) is 5.10 Å². The molecule has 0 N–H and O–H groups in total. The summed E-state index contributed by atoms with van der Waals surface area (Å²) in [5, 5.41) is 4.57. The number of nitrogens with zero attached hydrogens (tertiary/aromatic N) is 4. The van der Waals surface area contributed by atoms with Crippen LogP contribution < -0.4 is 0 Å². The molecule has 1 rings (SSSR count). The summed E-state index contributed by atoms with van der Waals surface area (Å²) in [7, 11) is -0.310. The van der Waals surface area contributed by atoms with Crippen molar-refractivity contribution in [2.75, 3.05) is 31.5 Å². The molecule has 0 aliphatic heterocycles. The van der Waals surface area contributed by atoms with Gasteiger partial charge in [-0.2, -0.15) is 4.68 Å². The molecule has 0 saturated heterocycles. The van der Waals surface area contributed by atoms with E-state index in [1.165, 1.54) is 9.58 Å². The Hall–Kier alpha value is -1.62. The average molecular weight is 393 g/mol. The Morgan fingerprint density at radius 1 is 1.32 bits per heavy atom. The molecule has 9 nitrogen and oxygen atoms in total. The number of esters is 1. The van der Waals surface area contributed by atoms with Gasteiger partial charge in [-0.1, -0.05) is 25.1 Å². The molecule has 0 spiro atoms. The Labute approximate surface area is 152 Å². The van der Waals surface area contributed by atoms with Crippen LogP contribution in [0.1, 0.15) is 32.5 Å².